The fourth-order valence-electron chi connectivity index (χ4n) is 2.21. The van der Waals surface area contributed by atoms with Crippen LogP contribution in [-0.4, -0.2) is 33.2 Å². The van der Waals surface area contributed by atoms with Crippen LogP contribution in [0.3, 0.4) is 0 Å². The first-order chi connectivity index (χ1) is 11.8. The minimum atomic E-state index is -3.57. The van der Waals surface area contributed by atoms with Crippen LogP contribution < -0.4 is 14.4 Å². The lowest BCUT2D eigenvalue weighted by atomic mass is 10.3. The van der Waals surface area contributed by atoms with E-state index in [4.69, 9.17) is 4.74 Å². The van der Waals surface area contributed by atoms with Gasteiger partial charge in [0.2, 0.25) is 15.9 Å². The molecule has 2 aromatic rings. The Kier molecular flexibility index (Phi) is 6.03. The molecule has 0 saturated heterocycles. The van der Waals surface area contributed by atoms with Crippen LogP contribution in [0.5, 0.6) is 5.75 Å². The first-order valence-corrected chi connectivity index (χ1v) is 9.70. The van der Waals surface area contributed by atoms with Gasteiger partial charge >= 0.3 is 0 Å². The van der Waals surface area contributed by atoms with Crippen LogP contribution >= 0.6 is 0 Å². The predicted molar refractivity (Wildman–Crippen MR) is 99.5 cm³/mol. The van der Waals surface area contributed by atoms with Crippen LogP contribution in [0.25, 0.3) is 0 Å². The topological polar surface area (TPSA) is 75.7 Å². The molecule has 1 N–H and O–H groups in total. The Balaban J connectivity index is 2.07. The predicted octanol–water partition coefficient (Wildman–Crippen LogP) is 2.88. The van der Waals surface area contributed by atoms with E-state index < -0.39 is 15.9 Å². The van der Waals surface area contributed by atoms with Crippen molar-refractivity contribution in [1.82, 2.24) is 0 Å². The molecule has 0 bridgehead atoms. The van der Waals surface area contributed by atoms with Gasteiger partial charge in [0.25, 0.3) is 0 Å². The molecule has 0 heterocycles. The molecule has 0 aliphatic carbocycles. The van der Waals surface area contributed by atoms with Gasteiger partial charge in [-0.1, -0.05) is 18.2 Å². The molecule has 7 heteroatoms. The molecule has 2 rings (SSSR count). The highest BCUT2D eigenvalue weighted by Crippen LogP contribution is 2.19. The van der Waals surface area contributed by atoms with E-state index >= 15 is 0 Å². The molecule has 0 aromatic heterocycles. The molecule has 0 radical (unpaired) electrons. The van der Waals surface area contributed by atoms with Gasteiger partial charge in [-0.05, 0) is 50.2 Å². The van der Waals surface area contributed by atoms with E-state index in [1.165, 1.54) is 0 Å². The summed E-state index contributed by atoms with van der Waals surface area (Å²) in [4.78, 5) is 12.3. The maximum atomic E-state index is 12.3. The number of rotatable bonds is 7. The second kappa shape index (κ2) is 8.02. The lowest BCUT2D eigenvalue weighted by Gasteiger charge is -2.21. The fourth-order valence-corrected chi connectivity index (χ4v) is 3.07. The van der Waals surface area contributed by atoms with E-state index in [0.717, 1.165) is 10.6 Å². The van der Waals surface area contributed by atoms with Crippen LogP contribution in [0, 0.1) is 0 Å². The van der Waals surface area contributed by atoms with E-state index in [0.29, 0.717) is 17.1 Å². The number of anilines is 2. The smallest absolute Gasteiger partial charge is 0.245 e. The average molecular weight is 362 g/mol. The van der Waals surface area contributed by atoms with Gasteiger partial charge in [0.1, 0.15) is 12.3 Å². The van der Waals surface area contributed by atoms with Gasteiger partial charge in [-0.15, -0.1) is 0 Å². The Morgan fingerprint density at radius 1 is 1.08 bits per heavy atom. The number of nitrogens with zero attached hydrogens (tertiary/aromatic N) is 1. The molecule has 0 aliphatic rings. The van der Waals surface area contributed by atoms with Gasteiger partial charge in [-0.2, -0.15) is 0 Å². The molecule has 2 aromatic carbocycles. The molecule has 0 saturated carbocycles. The Morgan fingerprint density at radius 2 is 1.68 bits per heavy atom. The van der Waals surface area contributed by atoms with Crippen molar-refractivity contribution in [2.24, 2.45) is 0 Å². The molecule has 0 atom stereocenters. The van der Waals surface area contributed by atoms with Crippen molar-refractivity contribution in [3.8, 4) is 5.75 Å². The largest absolute Gasteiger partial charge is 0.491 e. The number of nitrogens with one attached hydrogen (secondary N) is 1. The Morgan fingerprint density at radius 3 is 2.20 bits per heavy atom. The summed E-state index contributed by atoms with van der Waals surface area (Å²) in [6, 6.07) is 15.4. The number of ether oxygens (including phenoxy) is 1. The standard InChI is InChI=1S/C18H22N2O4S/c1-14(2)24-17-11-9-15(10-12-17)19-18(21)13-20(25(3,22)23)16-7-5-4-6-8-16/h4-12,14H,13H2,1-3H3,(H,19,21). The molecule has 6 nitrogen and oxygen atoms in total. The first-order valence-electron chi connectivity index (χ1n) is 7.85. The summed E-state index contributed by atoms with van der Waals surface area (Å²) >= 11 is 0. The molecule has 0 aliphatic heterocycles. The van der Waals surface area contributed by atoms with Crippen LogP contribution in [-0.2, 0) is 14.8 Å². The Bertz CT molecular complexity index is 803. The van der Waals surface area contributed by atoms with E-state index in [9.17, 15) is 13.2 Å². The van der Waals surface area contributed by atoms with Crippen molar-refractivity contribution in [3.05, 3.63) is 54.6 Å². The van der Waals surface area contributed by atoms with Gasteiger partial charge in [0.15, 0.2) is 0 Å². The number of benzene rings is 2. The molecular formula is C18H22N2O4S. The maximum absolute atomic E-state index is 12.3. The highest BCUT2D eigenvalue weighted by molar-refractivity contribution is 7.92. The number of para-hydroxylation sites is 1. The minimum absolute atomic E-state index is 0.0645. The number of sulfonamides is 1. The van der Waals surface area contributed by atoms with Crippen molar-refractivity contribution in [1.29, 1.82) is 0 Å². The van der Waals surface area contributed by atoms with E-state index in [-0.39, 0.29) is 12.6 Å². The second-order valence-corrected chi connectivity index (χ2v) is 7.75. The van der Waals surface area contributed by atoms with E-state index in [1.807, 2.05) is 13.8 Å². The van der Waals surface area contributed by atoms with Crippen LogP contribution in [0.4, 0.5) is 11.4 Å². The van der Waals surface area contributed by atoms with Crippen LogP contribution in [0.15, 0.2) is 54.6 Å². The summed E-state index contributed by atoms with van der Waals surface area (Å²) in [5.41, 5.74) is 1.02. The fraction of sp³-hybridized carbons (Fsp3) is 0.278. The van der Waals surface area contributed by atoms with E-state index in [2.05, 4.69) is 5.32 Å². The summed E-state index contributed by atoms with van der Waals surface area (Å²) in [6.07, 6.45) is 1.14. The maximum Gasteiger partial charge on any atom is 0.245 e. The monoisotopic (exact) mass is 362 g/mol. The highest BCUT2D eigenvalue weighted by atomic mass is 32.2. The molecular weight excluding hydrogens is 340 g/mol. The molecule has 25 heavy (non-hydrogen) atoms. The van der Waals surface area contributed by atoms with Gasteiger partial charge < -0.3 is 10.1 Å². The number of amides is 1. The number of hydrogen-bond acceptors (Lipinski definition) is 4. The van der Waals surface area contributed by atoms with Crippen molar-refractivity contribution in [2.45, 2.75) is 20.0 Å². The summed E-state index contributed by atoms with van der Waals surface area (Å²) in [5.74, 6) is 0.279. The number of carbonyl (C=O) groups excluding carboxylic acids is 1. The van der Waals surface area contributed by atoms with E-state index in [1.54, 1.807) is 54.6 Å². The SMILES string of the molecule is CC(C)Oc1ccc(NC(=O)CN(c2ccccc2)S(C)(=O)=O)cc1. The summed E-state index contributed by atoms with van der Waals surface area (Å²) in [6.45, 7) is 3.56. The molecule has 0 spiro atoms. The highest BCUT2D eigenvalue weighted by Gasteiger charge is 2.20. The summed E-state index contributed by atoms with van der Waals surface area (Å²) in [5, 5.41) is 2.69. The third-order valence-electron chi connectivity index (χ3n) is 3.24. The summed E-state index contributed by atoms with van der Waals surface area (Å²) < 4.78 is 30.6. The van der Waals surface area contributed by atoms with Crippen molar-refractivity contribution < 1.29 is 17.9 Å². The van der Waals surface area contributed by atoms with Crippen LogP contribution in [0.2, 0.25) is 0 Å². The zero-order valence-electron chi connectivity index (χ0n) is 14.5. The zero-order valence-corrected chi connectivity index (χ0v) is 15.3. The average Bonchev–Trinajstić information content (AvgIpc) is 2.54. The third-order valence-corrected chi connectivity index (χ3v) is 4.38. The quantitative estimate of drug-likeness (QED) is 0.822. The lowest BCUT2D eigenvalue weighted by Crippen LogP contribution is -2.37. The third kappa shape index (κ3) is 5.79. The Labute approximate surface area is 148 Å². The summed E-state index contributed by atoms with van der Waals surface area (Å²) in [7, 11) is -3.57. The lowest BCUT2D eigenvalue weighted by molar-refractivity contribution is -0.114. The zero-order chi connectivity index (χ0) is 18.4. The van der Waals surface area contributed by atoms with Crippen molar-refractivity contribution in [3.63, 3.8) is 0 Å². The van der Waals surface area contributed by atoms with Gasteiger partial charge in [-0.25, -0.2) is 8.42 Å². The number of hydrogen-bond donors (Lipinski definition) is 1. The van der Waals surface area contributed by atoms with Gasteiger partial charge in [0, 0.05) is 5.69 Å². The van der Waals surface area contributed by atoms with Crippen LogP contribution in [0.1, 0.15) is 13.8 Å². The van der Waals surface area contributed by atoms with Crippen molar-refractivity contribution >= 4 is 27.3 Å². The first kappa shape index (κ1) is 18.8. The van der Waals surface area contributed by atoms with Crippen molar-refractivity contribution in [2.75, 3.05) is 22.4 Å². The Hall–Kier alpha value is -2.54. The number of carbonyl (C=O) groups is 1. The molecule has 1 amide bonds. The molecule has 0 unspecified atom stereocenters. The molecule has 134 valence electrons. The second-order valence-electron chi connectivity index (χ2n) is 5.84. The van der Waals surface area contributed by atoms with Gasteiger partial charge in [-0.3, -0.25) is 9.10 Å². The normalized spacial score (nSPS) is 11.2. The van der Waals surface area contributed by atoms with Gasteiger partial charge in [0.05, 0.1) is 18.0 Å². The molecule has 0 fully saturated rings. The minimum Gasteiger partial charge on any atom is -0.491 e.